The average Bonchev–Trinajstić information content (AvgIpc) is 3.10. The zero-order valence-corrected chi connectivity index (χ0v) is 14.0. The summed E-state index contributed by atoms with van der Waals surface area (Å²) in [6, 6.07) is 5.57. The van der Waals surface area contributed by atoms with E-state index in [2.05, 4.69) is 9.97 Å². The zero-order chi connectivity index (χ0) is 18.0. The number of methoxy groups -OCH3 is 2. The molecule has 8 nitrogen and oxygen atoms in total. The molecule has 1 atom stereocenters. The van der Waals surface area contributed by atoms with Crippen LogP contribution in [0.15, 0.2) is 34.0 Å². The van der Waals surface area contributed by atoms with Crippen LogP contribution in [0.5, 0.6) is 11.5 Å². The number of carbonyl (C=O) groups is 1. The second-order valence-electron chi connectivity index (χ2n) is 5.83. The number of benzene rings is 1. The second-order valence-corrected chi connectivity index (χ2v) is 5.83. The molecule has 3 rings (SSSR count). The van der Waals surface area contributed by atoms with Gasteiger partial charge in [-0.05, 0) is 24.6 Å². The van der Waals surface area contributed by atoms with Gasteiger partial charge in [0.05, 0.1) is 14.2 Å². The molecule has 1 aliphatic heterocycles. The van der Waals surface area contributed by atoms with E-state index in [-0.39, 0.29) is 11.5 Å². The van der Waals surface area contributed by atoms with E-state index < -0.39 is 17.2 Å². The van der Waals surface area contributed by atoms with E-state index in [0.717, 1.165) is 29.7 Å². The number of likely N-dealkylation sites (tertiary alicyclic amines) is 1. The SMILES string of the molecule is COc1ccc(OC)c([C@@H]2CCN(C(=O)c3c[nH]c(=O)[nH]c3=O)C2)c1. The van der Waals surface area contributed by atoms with Crippen molar-refractivity contribution in [3.63, 3.8) is 0 Å². The molecule has 1 aromatic carbocycles. The highest BCUT2D eigenvalue weighted by molar-refractivity contribution is 5.93. The minimum Gasteiger partial charge on any atom is -0.497 e. The van der Waals surface area contributed by atoms with Gasteiger partial charge in [-0.15, -0.1) is 0 Å². The van der Waals surface area contributed by atoms with E-state index in [1.165, 1.54) is 0 Å². The molecule has 0 spiro atoms. The summed E-state index contributed by atoms with van der Waals surface area (Å²) in [7, 11) is 3.20. The third-order valence-corrected chi connectivity index (χ3v) is 4.40. The highest BCUT2D eigenvalue weighted by atomic mass is 16.5. The number of nitrogens with zero attached hydrogens (tertiary/aromatic N) is 1. The molecule has 1 aromatic heterocycles. The molecule has 1 amide bonds. The van der Waals surface area contributed by atoms with Crippen LogP contribution in [0.3, 0.4) is 0 Å². The Morgan fingerprint density at radius 2 is 2.04 bits per heavy atom. The predicted octanol–water partition coefficient (Wildman–Crippen LogP) is 0.710. The van der Waals surface area contributed by atoms with E-state index in [1.54, 1.807) is 19.1 Å². The Morgan fingerprint density at radius 3 is 2.72 bits per heavy atom. The summed E-state index contributed by atoms with van der Waals surface area (Å²) in [5.41, 5.74) is -0.427. The van der Waals surface area contributed by atoms with Crippen molar-refractivity contribution in [2.45, 2.75) is 12.3 Å². The molecule has 0 radical (unpaired) electrons. The Kier molecular flexibility index (Phi) is 4.60. The van der Waals surface area contributed by atoms with Crippen molar-refractivity contribution in [2.75, 3.05) is 27.3 Å². The largest absolute Gasteiger partial charge is 0.497 e. The number of aromatic amines is 2. The molecule has 0 saturated carbocycles. The zero-order valence-electron chi connectivity index (χ0n) is 14.0. The Balaban J connectivity index is 1.83. The lowest BCUT2D eigenvalue weighted by Crippen LogP contribution is -2.35. The summed E-state index contributed by atoms with van der Waals surface area (Å²) in [4.78, 5) is 41.5. The minimum absolute atomic E-state index is 0.0714. The van der Waals surface area contributed by atoms with Crippen molar-refractivity contribution in [2.24, 2.45) is 0 Å². The average molecular weight is 345 g/mol. The van der Waals surface area contributed by atoms with Crippen LogP contribution in [0.2, 0.25) is 0 Å². The minimum atomic E-state index is -0.684. The second kappa shape index (κ2) is 6.84. The molecule has 1 aliphatic rings. The number of rotatable bonds is 4. The number of carbonyl (C=O) groups excluding carboxylic acids is 1. The van der Waals surface area contributed by atoms with Crippen LogP contribution in [-0.2, 0) is 0 Å². The molecule has 2 heterocycles. The Bertz CT molecular complexity index is 902. The van der Waals surface area contributed by atoms with E-state index in [9.17, 15) is 14.4 Å². The molecule has 0 bridgehead atoms. The van der Waals surface area contributed by atoms with Crippen molar-refractivity contribution in [1.82, 2.24) is 14.9 Å². The number of aromatic nitrogens is 2. The number of hydrogen-bond acceptors (Lipinski definition) is 5. The number of ether oxygens (including phenoxy) is 2. The van der Waals surface area contributed by atoms with Crippen molar-refractivity contribution >= 4 is 5.91 Å². The molecule has 25 heavy (non-hydrogen) atoms. The normalized spacial score (nSPS) is 16.7. The van der Waals surface area contributed by atoms with E-state index >= 15 is 0 Å². The predicted molar refractivity (Wildman–Crippen MR) is 90.5 cm³/mol. The maximum absolute atomic E-state index is 12.6. The molecule has 1 fully saturated rings. The standard InChI is InChI=1S/C17H19N3O5/c1-24-11-3-4-14(25-2)12(7-11)10-5-6-20(9-10)16(22)13-8-18-17(23)19-15(13)21/h3-4,7-8,10H,5-6,9H2,1-2H3,(H2,18,19,21,23)/t10-/m1/s1. The number of H-pyrrole nitrogens is 2. The number of hydrogen-bond donors (Lipinski definition) is 2. The fourth-order valence-electron chi connectivity index (χ4n) is 3.10. The number of nitrogens with one attached hydrogen (secondary N) is 2. The van der Waals surface area contributed by atoms with E-state index in [1.807, 2.05) is 18.2 Å². The highest BCUT2D eigenvalue weighted by Gasteiger charge is 2.31. The monoisotopic (exact) mass is 345 g/mol. The van der Waals surface area contributed by atoms with Crippen molar-refractivity contribution in [3.8, 4) is 11.5 Å². The van der Waals surface area contributed by atoms with Crippen molar-refractivity contribution in [1.29, 1.82) is 0 Å². The Morgan fingerprint density at radius 1 is 1.24 bits per heavy atom. The van der Waals surface area contributed by atoms with Gasteiger partial charge in [0.25, 0.3) is 11.5 Å². The van der Waals surface area contributed by atoms with Gasteiger partial charge in [-0.1, -0.05) is 0 Å². The van der Waals surface area contributed by atoms with Crippen LogP contribution >= 0.6 is 0 Å². The Hall–Kier alpha value is -3.03. The van der Waals surface area contributed by atoms with Crippen molar-refractivity contribution in [3.05, 3.63) is 56.4 Å². The first-order valence-electron chi connectivity index (χ1n) is 7.86. The third-order valence-electron chi connectivity index (χ3n) is 4.40. The van der Waals surface area contributed by atoms with Gasteiger partial charge in [-0.25, -0.2) is 4.79 Å². The molecular weight excluding hydrogens is 326 g/mol. The maximum Gasteiger partial charge on any atom is 0.325 e. The third kappa shape index (κ3) is 3.28. The smallest absolute Gasteiger partial charge is 0.325 e. The van der Waals surface area contributed by atoms with Crippen LogP contribution in [0, 0.1) is 0 Å². The quantitative estimate of drug-likeness (QED) is 0.849. The lowest BCUT2D eigenvalue weighted by Gasteiger charge is -2.18. The van der Waals surface area contributed by atoms with Gasteiger partial charge in [-0.3, -0.25) is 14.6 Å². The highest BCUT2D eigenvalue weighted by Crippen LogP contribution is 2.36. The summed E-state index contributed by atoms with van der Waals surface area (Å²) >= 11 is 0. The summed E-state index contributed by atoms with van der Waals surface area (Å²) in [6.45, 7) is 0.976. The fourth-order valence-corrected chi connectivity index (χ4v) is 3.10. The molecule has 8 heteroatoms. The molecule has 2 aromatic rings. The van der Waals surface area contributed by atoms with E-state index in [0.29, 0.717) is 13.1 Å². The van der Waals surface area contributed by atoms with Gasteiger partial charge in [0.15, 0.2) is 0 Å². The van der Waals surface area contributed by atoms with Gasteiger partial charge in [-0.2, -0.15) is 0 Å². The summed E-state index contributed by atoms with van der Waals surface area (Å²) in [5, 5.41) is 0. The summed E-state index contributed by atoms with van der Waals surface area (Å²) in [6.07, 6.45) is 1.90. The molecule has 0 aliphatic carbocycles. The first kappa shape index (κ1) is 16.8. The van der Waals surface area contributed by atoms with Gasteiger partial charge < -0.3 is 19.4 Å². The van der Waals surface area contributed by atoms with Crippen LogP contribution in [0.1, 0.15) is 28.3 Å². The first-order chi connectivity index (χ1) is 12.0. The molecule has 0 unspecified atom stereocenters. The van der Waals surface area contributed by atoms with Crippen molar-refractivity contribution < 1.29 is 14.3 Å². The summed E-state index contributed by atoms with van der Waals surface area (Å²) in [5.74, 6) is 1.14. The first-order valence-corrected chi connectivity index (χ1v) is 7.86. The Labute approximate surface area is 143 Å². The van der Waals surface area contributed by atoms with Crippen LogP contribution in [-0.4, -0.2) is 48.1 Å². The number of amides is 1. The lowest BCUT2D eigenvalue weighted by atomic mass is 9.97. The van der Waals surface area contributed by atoms with Gasteiger partial charge in [0.1, 0.15) is 17.1 Å². The van der Waals surface area contributed by atoms with E-state index in [4.69, 9.17) is 9.47 Å². The summed E-state index contributed by atoms with van der Waals surface area (Å²) < 4.78 is 10.7. The molecular formula is C17H19N3O5. The van der Waals surface area contributed by atoms with Crippen LogP contribution in [0.25, 0.3) is 0 Å². The maximum atomic E-state index is 12.6. The van der Waals surface area contributed by atoms with Crippen LogP contribution in [0.4, 0.5) is 0 Å². The molecule has 1 saturated heterocycles. The molecule has 2 N–H and O–H groups in total. The van der Waals surface area contributed by atoms with Gasteiger partial charge in [0, 0.05) is 30.8 Å². The molecule has 132 valence electrons. The lowest BCUT2D eigenvalue weighted by molar-refractivity contribution is 0.0788. The topological polar surface area (TPSA) is 104 Å². The fraction of sp³-hybridized carbons (Fsp3) is 0.353. The van der Waals surface area contributed by atoms with Gasteiger partial charge in [0.2, 0.25) is 0 Å². The van der Waals surface area contributed by atoms with Gasteiger partial charge >= 0.3 is 5.69 Å². The van der Waals surface area contributed by atoms with Crippen LogP contribution < -0.4 is 20.7 Å².